The van der Waals surface area contributed by atoms with E-state index in [0.717, 1.165) is 48.9 Å². The van der Waals surface area contributed by atoms with Crippen LogP contribution in [-0.2, 0) is 11.3 Å². The van der Waals surface area contributed by atoms with Crippen LogP contribution < -0.4 is 10.1 Å². The first-order valence-corrected chi connectivity index (χ1v) is 11.9. The van der Waals surface area contributed by atoms with Crippen LogP contribution in [0.25, 0.3) is 10.9 Å². The summed E-state index contributed by atoms with van der Waals surface area (Å²) >= 11 is 0. The molecule has 33 heavy (non-hydrogen) atoms. The molecule has 2 unspecified atom stereocenters. The van der Waals surface area contributed by atoms with E-state index in [4.69, 9.17) is 14.6 Å². The number of nitrogens with zero attached hydrogens (tertiary/aromatic N) is 3. The van der Waals surface area contributed by atoms with E-state index in [2.05, 4.69) is 28.4 Å². The number of hydrogen-bond donors (Lipinski definition) is 1. The number of rotatable bonds is 6. The number of carbonyl (C=O) groups excluding carboxylic acids is 1. The lowest BCUT2D eigenvalue weighted by Crippen LogP contribution is -2.60. The predicted molar refractivity (Wildman–Crippen MR) is 125 cm³/mol. The van der Waals surface area contributed by atoms with Gasteiger partial charge in [-0.25, -0.2) is 0 Å². The maximum Gasteiger partial charge on any atom is 0.272 e. The normalized spacial score (nSPS) is 25.2. The maximum absolute atomic E-state index is 13.3. The summed E-state index contributed by atoms with van der Waals surface area (Å²) in [6, 6.07) is 17.5. The Labute approximate surface area is 193 Å². The van der Waals surface area contributed by atoms with Gasteiger partial charge < -0.3 is 14.8 Å². The maximum atomic E-state index is 13.3. The van der Waals surface area contributed by atoms with Gasteiger partial charge in [-0.15, -0.1) is 0 Å². The standard InChI is InChI=1S/C26H30N4O3/c1-32-22-10-6-17(7-11-22)14-29-20-12-18(13-21(29)16-33-15-20)27-26(31)25-23-4-2-3-5-24(23)30(28-25)19-8-9-19/h2-7,10-11,18-21H,8-9,12-16H2,1H3,(H,27,31). The largest absolute Gasteiger partial charge is 0.497 e. The summed E-state index contributed by atoms with van der Waals surface area (Å²) in [4.78, 5) is 15.8. The lowest BCUT2D eigenvalue weighted by Gasteiger charge is -2.48. The number of ether oxygens (including phenoxy) is 2. The van der Waals surface area contributed by atoms with Crippen LogP contribution in [0.4, 0.5) is 0 Å². The highest BCUT2D eigenvalue weighted by atomic mass is 16.5. The number of aromatic nitrogens is 2. The average Bonchev–Trinajstić information content (AvgIpc) is 3.60. The van der Waals surface area contributed by atoms with Crippen LogP contribution in [0.15, 0.2) is 48.5 Å². The molecule has 1 aliphatic carbocycles. The fourth-order valence-electron chi connectivity index (χ4n) is 5.42. The average molecular weight is 447 g/mol. The number of morpholine rings is 1. The lowest BCUT2D eigenvalue weighted by atomic mass is 9.89. The van der Waals surface area contributed by atoms with Crippen molar-refractivity contribution < 1.29 is 14.3 Å². The summed E-state index contributed by atoms with van der Waals surface area (Å²) in [5, 5.41) is 8.99. The molecule has 3 aromatic rings. The Hall–Kier alpha value is -2.90. The van der Waals surface area contributed by atoms with Crippen molar-refractivity contribution in [2.75, 3.05) is 20.3 Å². The van der Waals surface area contributed by atoms with Crippen molar-refractivity contribution in [2.24, 2.45) is 0 Å². The molecule has 1 saturated carbocycles. The second kappa shape index (κ2) is 8.47. The molecule has 3 aliphatic rings. The Morgan fingerprint density at radius 1 is 1.06 bits per heavy atom. The number of benzene rings is 2. The van der Waals surface area contributed by atoms with Crippen LogP contribution in [0.2, 0.25) is 0 Å². The van der Waals surface area contributed by atoms with Gasteiger partial charge >= 0.3 is 0 Å². The number of para-hydroxylation sites is 1. The number of carbonyl (C=O) groups is 1. The van der Waals surface area contributed by atoms with Crippen molar-refractivity contribution in [3.63, 3.8) is 0 Å². The molecule has 2 aliphatic heterocycles. The molecule has 3 fully saturated rings. The summed E-state index contributed by atoms with van der Waals surface area (Å²) in [6.45, 7) is 2.30. The van der Waals surface area contributed by atoms with Crippen LogP contribution in [0.1, 0.15) is 47.8 Å². The van der Waals surface area contributed by atoms with E-state index in [9.17, 15) is 4.79 Å². The van der Waals surface area contributed by atoms with Gasteiger partial charge in [-0.3, -0.25) is 14.4 Å². The zero-order chi connectivity index (χ0) is 22.4. The number of nitrogens with one attached hydrogen (secondary N) is 1. The topological polar surface area (TPSA) is 68.6 Å². The van der Waals surface area contributed by atoms with Gasteiger partial charge in [0.1, 0.15) is 5.75 Å². The van der Waals surface area contributed by atoms with Gasteiger partial charge in [0.15, 0.2) is 5.69 Å². The molecular weight excluding hydrogens is 416 g/mol. The minimum Gasteiger partial charge on any atom is -0.497 e. The first-order valence-electron chi connectivity index (χ1n) is 11.9. The number of piperidine rings is 1. The van der Waals surface area contributed by atoms with E-state index >= 15 is 0 Å². The highest BCUT2D eigenvalue weighted by Crippen LogP contribution is 2.37. The summed E-state index contributed by atoms with van der Waals surface area (Å²) in [7, 11) is 1.69. The fourth-order valence-corrected chi connectivity index (χ4v) is 5.42. The lowest BCUT2D eigenvalue weighted by molar-refractivity contribution is -0.0843. The van der Waals surface area contributed by atoms with E-state index in [1.165, 1.54) is 5.56 Å². The molecule has 7 nitrogen and oxygen atoms in total. The second-order valence-electron chi connectivity index (χ2n) is 9.55. The van der Waals surface area contributed by atoms with Gasteiger partial charge in [0.25, 0.3) is 5.91 Å². The zero-order valence-electron chi connectivity index (χ0n) is 18.9. The van der Waals surface area contributed by atoms with Crippen LogP contribution in [0.5, 0.6) is 5.75 Å². The summed E-state index contributed by atoms with van der Waals surface area (Å²) in [5.74, 6) is 0.818. The highest BCUT2D eigenvalue weighted by molar-refractivity contribution is 6.05. The third-order valence-corrected chi connectivity index (χ3v) is 7.25. The summed E-state index contributed by atoms with van der Waals surface area (Å²) in [6.07, 6.45) is 4.06. The third-order valence-electron chi connectivity index (χ3n) is 7.25. The quantitative estimate of drug-likeness (QED) is 0.627. The smallest absolute Gasteiger partial charge is 0.272 e. The number of methoxy groups -OCH3 is 1. The minimum atomic E-state index is -0.0572. The molecule has 172 valence electrons. The van der Waals surface area contributed by atoms with E-state index in [1.54, 1.807) is 7.11 Å². The summed E-state index contributed by atoms with van der Waals surface area (Å²) in [5.41, 5.74) is 2.89. The van der Waals surface area contributed by atoms with Gasteiger partial charge in [-0.1, -0.05) is 30.3 Å². The molecule has 1 aromatic heterocycles. The van der Waals surface area contributed by atoms with Gasteiger partial charge in [0.2, 0.25) is 0 Å². The Morgan fingerprint density at radius 3 is 2.48 bits per heavy atom. The number of amides is 1. The van der Waals surface area contributed by atoms with E-state index < -0.39 is 0 Å². The van der Waals surface area contributed by atoms with E-state index in [0.29, 0.717) is 37.0 Å². The van der Waals surface area contributed by atoms with E-state index in [1.807, 2.05) is 35.0 Å². The van der Waals surface area contributed by atoms with Crippen LogP contribution >= 0.6 is 0 Å². The number of fused-ring (bicyclic) bond motifs is 3. The first kappa shape index (κ1) is 20.7. The molecule has 0 radical (unpaired) electrons. The van der Waals surface area contributed by atoms with E-state index in [-0.39, 0.29) is 11.9 Å². The first-order chi connectivity index (χ1) is 16.2. The summed E-state index contributed by atoms with van der Waals surface area (Å²) < 4.78 is 13.2. The number of hydrogen-bond acceptors (Lipinski definition) is 5. The van der Waals surface area contributed by atoms with Crippen molar-refractivity contribution in [2.45, 2.75) is 56.4 Å². The van der Waals surface area contributed by atoms with Gasteiger partial charge in [-0.05, 0) is 49.4 Å². The van der Waals surface area contributed by atoms with Crippen molar-refractivity contribution in [3.8, 4) is 5.75 Å². The predicted octanol–water partition coefficient (Wildman–Crippen LogP) is 3.54. The molecule has 1 amide bonds. The van der Waals surface area contributed by atoms with Crippen LogP contribution in [-0.4, -0.2) is 59.0 Å². The monoisotopic (exact) mass is 446 g/mol. The zero-order valence-corrected chi connectivity index (χ0v) is 18.9. The van der Waals surface area contributed by atoms with Gasteiger partial charge in [-0.2, -0.15) is 5.10 Å². The van der Waals surface area contributed by atoms with Crippen molar-refractivity contribution in [1.29, 1.82) is 0 Å². The Bertz CT molecular complexity index is 1140. The fraction of sp³-hybridized carbons (Fsp3) is 0.462. The molecule has 7 heteroatoms. The molecule has 6 rings (SSSR count). The highest BCUT2D eigenvalue weighted by Gasteiger charge is 2.40. The van der Waals surface area contributed by atoms with Crippen molar-refractivity contribution in [3.05, 3.63) is 59.8 Å². The molecular formula is C26H30N4O3. The minimum absolute atomic E-state index is 0.0572. The Balaban J connectivity index is 1.16. The SMILES string of the molecule is COc1ccc(CN2C3COCC2CC(NC(=O)c2nn(C4CC4)c4ccccc24)C3)cc1. The molecule has 2 saturated heterocycles. The molecule has 0 spiro atoms. The van der Waals surface area contributed by atoms with Crippen molar-refractivity contribution in [1.82, 2.24) is 20.0 Å². The van der Waals surface area contributed by atoms with Crippen molar-refractivity contribution >= 4 is 16.8 Å². The second-order valence-corrected chi connectivity index (χ2v) is 9.55. The van der Waals surface area contributed by atoms with Gasteiger partial charge in [0.05, 0.1) is 31.9 Å². The molecule has 2 aromatic carbocycles. The Morgan fingerprint density at radius 2 is 1.79 bits per heavy atom. The molecule has 2 atom stereocenters. The molecule has 2 bridgehead atoms. The van der Waals surface area contributed by atoms with Crippen LogP contribution in [0.3, 0.4) is 0 Å². The molecule has 3 heterocycles. The Kier molecular flexibility index (Phi) is 5.31. The molecule has 1 N–H and O–H groups in total. The third kappa shape index (κ3) is 4.00. The van der Waals surface area contributed by atoms with Crippen LogP contribution in [0, 0.1) is 0 Å². The van der Waals surface area contributed by atoms with Gasteiger partial charge in [0, 0.05) is 30.1 Å².